The maximum Gasteiger partial charge on any atom is 0.224 e. The van der Waals surface area contributed by atoms with Crippen molar-refractivity contribution in [3.8, 4) is 0 Å². The maximum atomic E-state index is 10.00. The van der Waals surface area contributed by atoms with Crippen LogP contribution in [0, 0.1) is 5.41 Å². The molecule has 0 saturated carbocycles. The molecule has 0 bridgehead atoms. The first kappa shape index (κ1) is 29.5. The van der Waals surface area contributed by atoms with E-state index >= 15 is 0 Å². The molecule has 0 aromatic heterocycles. The number of hydrogen-bond donors (Lipinski definition) is 11. The highest BCUT2D eigenvalue weighted by atomic mass is 16.8. The zero-order valence-corrected chi connectivity index (χ0v) is 17.7. The fraction of sp³-hybridized carbons (Fsp3) is 1.00. The van der Waals surface area contributed by atoms with Crippen molar-refractivity contribution in [1.29, 1.82) is 0 Å². The molecule has 9 atom stereocenters. The van der Waals surface area contributed by atoms with Crippen molar-refractivity contribution in [2.45, 2.75) is 68.1 Å². The molecule has 11 N–H and O–H groups in total. The zero-order chi connectivity index (χ0) is 24.7. The second-order valence-electron chi connectivity index (χ2n) is 7.89. The number of hydrogen-bond acceptors (Lipinski definition) is 14. The standard InChI is InChI=1S/C12H22O11.C6H14O3/c13-1-4-6(16)8(18)9(19)11(21-4)23-12(3-15)10(20)7(17)5(2-14)22-12;1-2-6(3-7,4-8)5-9/h4-11,13-20H,1-3H2;7-9H,2-5H2,1H3/t4-,5-,6-,7-,8+,9-,10+,11-,12+;/m1./s1. The van der Waals surface area contributed by atoms with Gasteiger partial charge in [0, 0.05) is 5.41 Å². The summed E-state index contributed by atoms with van der Waals surface area (Å²) in [5, 5.41) is 103. The van der Waals surface area contributed by atoms with E-state index < -0.39 is 80.0 Å². The maximum absolute atomic E-state index is 10.00. The van der Waals surface area contributed by atoms with E-state index in [1.165, 1.54) is 0 Å². The molecule has 2 rings (SSSR count). The summed E-state index contributed by atoms with van der Waals surface area (Å²) in [6.07, 6.45) is -12.1. The number of ether oxygens (including phenoxy) is 3. The van der Waals surface area contributed by atoms with Crippen LogP contribution < -0.4 is 0 Å². The lowest BCUT2D eigenvalue weighted by Crippen LogP contribution is -2.62. The molecule has 2 fully saturated rings. The van der Waals surface area contributed by atoms with Gasteiger partial charge in [-0.25, -0.2) is 0 Å². The molecule has 2 aliphatic heterocycles. The minimum atomic E-state index is -2.22. The lowest BCUT2D eigenvalue weighted by Gasteiger charge is -2.43. The average molecular weight is 476 g/mol. The first-order chi connectivity index (χ1) is 15.0. The van der Waals surface area contributed by atoms with Crippen molar-refractivity contribution < 1.29 is 70.4 Å². The van der Waals surface area contributed by atoms with Crippen molar-refractivity contribution >= 4 is 0 Å². The minimum absolute atomic E-state index is 0.156. The van der Waals surface area contributed by atoms with Crippen LogP contribution in [0.5, 0.6) is 0 Å². The third-order valence-electron chi connectivity index (χ3n) is 5.83. The first-order valence-corrected chi connectivity index (χ1v) is 10.1. The zero-order valence-electron chi connectivity index (χ0n) is 17.7. The molecule has 0 aromatic rings. The van der Waals surface area contributed by atoms with Crippen LogP contribution in [-0.2, 0) is 14.2 Å². The Balaban J connectivity index is 0.000000482. The van der Waals surface area contributed by atoms with E-state index in [9.17, 15) is 30.6 Å². The molecule has 192 valence electrons. The van der Waals surface area contributed by atoms with Crippen LogP contribution in [0.1, 0.15) is 13.3 Å². The van der Waals surface area contributed by atoms with E-state index in [1.54, 1.807) is 0 Å². The van der Waals surface area contributed by atoms with Crippen LogP contribution in [0.15, 0.2) is 0 Å². The molecule has 14 heteroatoms. The second-order valence-corrected chi connectivity index (χ2v) is 7.89. The highest BCUT2D eigenvalue weighted by molar-refractivity contribution is 4.98. The Morgan fingerprint density at radius 3 is 1.62 bits per heavy atom. The van der Waals surface area contributed by atoms with E-state index in [4.69, 9.17) is 39.7 Å². The van der Waals surface area contributed by atoms with Gasteiger partial charge in [0.15, 0.2) is 6.29 Å². The molecule has 0 radical (unpaired) electrons. The molecule has 32 heavy (non-hydrogen) atoms. The Morgan fingerprint density at radius 1 is 0.750 bits per heavy atom. The van der Waals surface area contributed by atoms with Crippen molar-refractivity contribution in [2.24, 2.45) is 5.41 Å². The van der Waals surface area contributed by atoms with Gasteiger partial charge in [0.05, 0.1) is 33.0 Å². The van der Waals surface area contributed by atoms with Crippen molar-refractivity contribution in [1.82, 2.24) is 0 Å². The van der Waals surface area contributed by atoms with Crippen LogP contribution in [0.2, 0.25) is 0 Å². The molecular weight excluding hydrogens is 440 g/mol. The summed E-state index contributed by atoms with van der Waals surface area (Å²) in [5.74, 6) is -2.22. The van der Waals surface area contributed by atoms with Crippen LogP contribution in [0.3, 0.4) is 0 Å². The van der Waals surface area contributed by atoms with Crippen molar-refractivity contribution in [2.75, 3.05) is 39.6 Å². The van der Waals surface area contributed by atoms with Crippen LogP contribution in [0.25, 0.3) is 0 Å². The largest absolute Gasteiger partial charge is 0.396 e. The summed E-state index contributed by atoms with van der Waals surface area (Å²) in [6, 6.07) is 0. The van der Waals surface area contributed by atoms with E-state index in [1.807, 2.05) is 6.92 Å². The highest BCUT2D eigenvalue weighted by Gasteiger charge is 2.58. The molecule has 0 unspecified atom stereocenters. The molecule has 14 nitrogen and oxygen atoms in total. The Labute approximate surface area is 184 Å². The Kier molecular flexibility index (Phi) is 11.8. The summed E-state index contributed by atoms with van der Waals surface area (Å²) in [4.78, 5) is 0. The van der Waals surface area contributed by atoms with E-state index in [0.29, 0.717) is 6.42 Å². The molecule has 2 heterocycles. The Morgan fingerprint density at radius 2 is 1.28 bits per heavy atom. The third kappa shape index (κ3) is 6.11. The third-order valence-corrected chi connectivity index (χ3v) is 5.83. The summed E-state index contributed by atoms with van der Waals surface area (Å²) in [7, 11) is 0. The lowest BCUT2D eigenvalue weighted by atomic mass is 9.88. The predicted octanol–water partition coefficient (Wildman–Crippen LogP) is -6.04. The van der Waals surface area contributed by atoms with Gasteiger partial charge in [-0.3, -0.25) is 0 Å². The summed E-state index contributed by atoms with van der Waals surface area (Å²) < 4.78 is 15.4. The van der Waals surface area contributed by atoms with Crippen LogP contribution in [-0.4, -0.2) is 151 Å². The van der Waals surface area contributed by atoms with Gasteiger partial charge in [-0.1, -0.05) is 6.92 Å². The lowest BCUT2D eigenvalue weighted by molar-refractivity contribution is -0.383. The van der Waals surface area contributed by atoms with E-state index in [0.717, 1.165) is 0 Å². The summed E-state index contributed by atoms with van der Waals surface area (Å²) >= 11 is 0. The molecule has 0 spiro atoms. The van der Waals surface area contributed by atoms with Crippen LogP contribution >= 0.6 is 0 Å². The topological polar surface area (TPSA) is 250 Å². The average Bonchev–Trinajstić information content (AvgIpc) is 3.06. The minimum Gasteiger partial charge on any atom is -0.396 e. The Bertz CT molecular complexity index is 514. The summed E-state index contributed by atoms with van der Waals surface area (Å²) in [5.41, 5.74) is -0.667. The predicted molar refractivity (Wildman–Crippen MR) is 103 cm³/mol. The van der Waals surface area contributed by atoms with Crippen LogP contribution in [0.4, 0.5) is 0 Å². The smallest absolute Gasteiger partial charge is 0.224 e. The van der Waals surface area contributed by atoms with Gasteiger partial charge in [-0.2, -0.15) is 0 Å². The quantitative estimate of drug-likeness (QED) is 0.148. The van der Waals surface area contributed by atoms with E-state index in [-0.39, 0.29) is 19.8 Å². The molecule has 0 amide bonds. The van der Waals surface area contributed by atoms with Gasteiger partial charge in [-0.05, 0) is 6.42 Å². The SMILES string of the molecule is CCC(CO)(CO)CO.OC[C@H]1O[C@@](CO)(O[C@H]2O[C@H](CO)[C@@H](O)[C@H](O)[C@H]2O)[C@@H](O)[C@@H]1O. The fourth-order valence-electron chi connectivity index (χ4n) is 3.12. The molecule has 0 aliphatic carbocycles. The van der Waals surface area contributed by atoms with Gasteiger partial charge in [0.25, 0.3) is 0 Å². The molecule has 0 aromatic carbocycles. The van der Waals surface area contributed by atoms with Gasteiger partial charge in [-0.15, -0.1) is 0 Å². The van der Waals surface area contributed by atoms with Gasteiger partial charge in [0.2, 0.25) is 5.79 Å². The Hall–Kier alpha value is -0.560. The second kappa shape index (κ2) is 12.8. The fourth-order valence-corrected chi connectivity index (χ4v) is 3.12. The van der Waals surface area contributed by atoms with Gasteiger partial charge in [0.1, 0.15) is 49.3 Å². The van der Waals surface area contributed by atoms with Crippen molar-refractivity contribution in [3.63, 3.8) is 0 Å². The number of aliphatic hydroxyl groups excluding tert-OH is 11. The molecule has 2 saturated heterocycles. The molecular formula is C18H36O14. The van der Waals surface area contributed by atoms with E-state index in [2.05, 4.69) is 0 Å². The van der Waals surface area contributed by atoms with Gasteiger partial charge >= 0.3 is 0 Å². The number of rotatable bonds is 9. The number of aliphatic hydroxyl groups is 11. The molecule has 2 aliphatic rings. The first-order valence-electron chi connectivity index (χ1n) is 10.1. The normalized spacial score (nSPS) is 40.1. The van der Waals surface area contributed by atoms with Gasteiger partial charge < -0.3 is 70.4 Å². The summed E-state index contributed by atoms with van der Waals surface area (Å²) in [6.45, 7) is -0.969. The van der Waals surface area contributed by atoms with Crippen molar-refractivity contribution in [3.05, 3.63) is 0 Å². The highest BCUT2D eigenvalue weighted by Crippen LogP contribution is 2.35. The monoisotopic (exact) mass is 476 g/mol.